The number of hydrogen-bond acceptors (Lipinski definition) is 7. The number of rotatable bonds is 6. The lowest BCUT2D eigenvalue weighted by Crippen LogP contribution is -2.23. The van der Waals surface area contributed by atoms with E-state index in [-0.39, 0.29) is 0 Å². The zero-order chi connectivity index (χ0) is 24.5. The van der Waals surface area contributed by atoms with Crippen LogP contribution in [-0.4, -0.2) is 51.9 Å². The van der Waals surface area contributed by atoms with Gasteiger partial charge in [0.15, 0.2) is 5.75 Å². The van der Waals surface area contributed by atoms with Gasteiger partial charge in [0, 0.05) is 53.1 Å². The number of pyridine rings is 2. The van der Waals surface area contributed by atoms with E-state index in [1.54, 1.807) is 0 Å². The first-order valence-corrected chi connectivity index (χ1v) is 11.6. The summed E-state index contributed by atoms with van der Waals surface area (Å²) in [6.45, 7) is 0.791. The van der Waals surface area contributed by atoms with Crippen molar-refractivity contribution in [3.8, 4) is 22.9 Å². The normalized spacial score (nSPS) is 12.5. The molecule has 178 valence electrons. The Morgan fingerprint density at radius 1 is 0.771 bits per heavy atom. The molecule has 0 saturated carbocycles. The predicted molar refractivity (Wildman–Crippen MR) is 144 cm³/mol. The smallest absolute Gasteiger partial charge is 0.154 e. The van der Waals surface area contributed by atoms with Crippen molar-refractivity contribution in [3.05, 3.63) is 79.1 Å². The first-order chi connectivity index (χ1) is 16.9. The van der Waals surface area contributed by atoms with Gasteiger partial charge in [-0.2, -0.15) is 0 Å². The number of para-hydroxylation sites is 2. The fourth-order valence-corrected chi connectivity index (χ4v) is 4.23. The largest absolute Gasteiger partial charge is 0.455 e. The van der Waals surface area contributed by atoms with E-state index in [9.17, 15) is 0 Å². The topological polar surface area (TPSA) is 48.0 Å². The molecule has 0 radical (unpaired) electrons. The van der Waals surface area contributed by atoms with Crippen LogP contribution in [0.2, 0.25) is 0 Å². The zero-order valence-corrected chi connectivity index (χ0v) is 20.8. The van der Waals surface area contributed by atoms with E-state index in [2.05, 4.69) is 63.2 Å². The minimum Gasteiger partial charge on any atom is -0.455 e. The predicted octanol–water partition coefficient (Wildman–Crippen LogP) is 5.61. The molecule has 1 aliphatic heterocycles. The first kappa shape index (κ1) is 22.5. The Balaban J connectivity index is 1.46. The summed E-state index contributed by atoms with van der Waals surface area (Å²) in [5.74, 6) is 1.50. The highest BCUT2D eigenvalue weighted by molar-refractivity contribution is 5.82. The molecule has 1 aliphatic rings. The van der Waals surface area contributed by atoms with Crippen molar-refractivity contribution >= 4 is 28.4 Å². The molecule has 0 spiro atoms. The summed E-state index contributed by atoms with van der Waals surface area (Å²) < 4.78 is 6.45. The molecule has 2 aromatic heterocycles. The molecule has 0 saturated heterocycles. The van der Waals surface area contributed by atoms with Crippen LogP contribution in [0.4, 0.5) is 28.4 Å². The van der Waals surface area contributed by atoms with E-state index in [4.69, 9.17) is 4.74 Å². The SMILES string of the molecule is CN(C)c1ccc(-c2cc(Oc3cccc(N4CN(C)c5ccccc54)c3)c(N(C)C)cn2)nc1. The molecule has 0 atom stereocenters. The van der Waals surface area contributed by atoms with E-state index in [1.165, 1.54) is 11.4 Å². The maximum atomic E-state index is 6.45. The van der Waals surface area contributed by atoms with Crippen LogP contribution < -0.4 is 24.3 Å². The maximum absolute atomic E-state index is 6.45. The van der Waals surface area contributed by atoms with Gasteiger partial charge in [-0.15, -0.1) is 0 Å². The Labute approximate surface area is 206 Å². The first-order valence-electron chi connectivity index (χ1n) is 11.6. The molecule has 0 unspecified atom stereocenters. The highest BCUT2D eigenvalue weighted by Gasteiger charge is 2.24. The minimum atomic E-state index is 0.731. The molecule has 0 fully saturated rings. The molecule has 2 aromatic carbocycles. The Hall–Kier alpha value is -4.26. The number of anilines is 5. The van der Waals surface area contributed by atoms with Gasteiger partial charge in [0.25, 0.3) is 0 Å². The van der Waals surface area contributed by atoms with E-state index >= 15 is 0 Å². The summed E-state index contributed by atoms with van der Waals surface area (Å²) in [5, 5.41) is 0. The maximum Gasteiger partial charge on any atom is 0.154 e. The number of aromatic nitrogens is 2. The Kier molecular flexibility index (Phi) is 5.91. The van der Waals surface area contributed by atoms with Crippen LogP contribution in [0.5, 0.6) is 11.5 Å². The molecule has 3 heterocycles. The van der Waals surface area contributed by atoms with Crippen LogP contribution in [0.15, 0.2) is 79.1 Å². The Bertz CT molecular complexity index is 1340. The van der Waals surface area contributed by atoms with Crippen LogP contribution in [0.25, 0.3) is 11.4 Å². The van der Waals surface area contributed by atoms with Crippen molar-refractivity contribution in [2.24, 2.45) is 0 Å². The van der Waals surface area contributed by atoms with E-state index in [0.29, 0.717) is 0 Å². The van der Waals surface area contributed by atoms with Gasteiger partial charge < -0.3 is 24.3 Å². The van der Waals surface area contributed by atoms with Gasteiger partial charge in [-0.1, -0.05) is 18.2 Å². The van der Waals surface area contributed by atoms with Gasteiger partial charge >= 0.3 is 0 Å². The minimum absolute atomic E-state index is 0.731. The molecule has 4 aromatic rings. The molecule has 7 heteroatoms. The second-order valence-electron chi connectivity index (χ2n) is 9.08. The van der Waals surface area contributed by atoms with Gasteiger partial charge in [0.2, 0.25) is 0 Å². The molecular formula is C28H30N6O. The third-order valence-electron chi connectivity index (χ3n) is 6.15. The molecule has 0 bridgehead atoms. The molecular weight excluding hydrogens is 436 g/mol. The summed E-state index contributed by atoms with van der Waals surface area (Å²) in [6, 6.07) is 22.7. The lowest BCUT2D eigenvalue weighted by Gasteiger charge is -2.21. The monoisotopic (exact) mass is 466 g/mol. The van der Waals surface area contributed by atoms with Crippen molar-refractivity contribution in [2.45, 2.75) is 0 Å². The molecule has 0 N–H and O–H groups in total. The third-order valence-corrected chi connectivity index (χ3v) is 6.15. The van der Waals surface area contributed by atoms with Crippen LogP contribution in [-0.2, 0) is 0 Å². The van der Waals surface area contributed by atoms with Crippen molar-refractivity contribution in [1.82, 2.24) is 9.97 Å². The van der Waals surface area contributed by atoms with Crippen LogP contribution in [0.1, 0.15) is 0 Å². The van der Waals surface area contributed by atoms with E-state index in [1.807, 2.05) is 80.7 Å². The summed E-state index contributed by atoms with van der Waals surface area (Å²) in [6.07, 6.45) is 3.69. The van der Waals surface area contributed by atoms with E-state index < -0.39 is 0 Å². The summed E-state index contributed by atoms with van der Waals surface area (Å²) in [7, 11) is 10.1. The standard InChI is InChI=1S/C28H30N6O/c1-31(2)21-13-14-23(29-17-21)24-16-28(27(18-30-24)32(3)4)35-22-10-8-9-20(15-22)34-19-33(5)25-11-6-7-12-26(25)34/h6-18H,19H2,1-5H3. The third kappa shape index (κ3) is 4.45. The lowest BCUT2D eigenvalue weighted by molar-refractivity contribution is 0.482. The van der Waals surface area contributed by atoms with Gasteiger partial charge in [-0.3, -0.25) is 9.97 Å². The average Bonchev–Trinajstić information content (AvgIpc) is 3.21. The van der Waals surface area contributed by atoms with Crippen LogP contribution >= 0.6 is 0 Å². The number of nitrogens with zero attached hydrogens (tertiary/aromatic N) is 6. The second-order valence-corrected chi connectivity index (χ2v) is 9.08. The van der Waals surface area contributed by atoms with Gasteiger partial charge in [0.05, 0.1) is 53.2 Å². The summed E-state index contributed by atoms with van der Waals surface area (Å²) in [4.78, 5) is 17.8. The number of benzene rings is 2. The number of fused-ring (bicyclic) bond motifs is 1. The van der Waals surface area contributed by atoms with Gasteiger partial charge in [-0.05, 0) is 36.4 Å². The van der Waals surface area contributed by atoms with Crippen molar-refractivity contribution in [2.75, 3.05) is 61.5 Å². The molecule has 7 nitrogen and oxygen atoms in total. The fraction of sp³-hybridized carbons (Fsp3) is 0.214. The summed E-state index contributed by atoms with van der Waals surface area (Å²) >= 11 is 0. The van der Waals surface area contributed by atoms with Crippen molar-refractivity contribution in [1.29, 1.82) is 0 Å². The van der Waals surface area contributed by atoms with Crippen LogP contribution in [0, 0.1) is 0 Å². The molecule has 0 aliphatic carbocycles. The zero-order valence-electron chi connectivity index (χ0n) is 20.8. The molecule has 35 heavy (non-hydrogen) atoms. The van der Waals surface area contributed by atoms with Crippen molar-refractivity contribution < 1.29 is 4.74 Å². The van der Waals surface area contributed by atoms with Gasteiger partial charge in [0.1, 0.15) is 5.75 Å². The highest BCUT2D eigenvalue weighted by Crippen LogP contribution is 2.41. The summed E-state index contributed by atoms with van der Waals surface area (Å²) in [5.41, 5.74) is 7.01. The average molecular weight is 467 g/mol. The molecule has 0 amide bonds. The second kappa shape index (κ2) is 9.18. The highest BCUT2D eigenvalue weighted by atomic mass is 16.5. The lowest BCUT2D eigenvalue weighted by atomic mass is 10.2. The molecule has 5 rings (SSSR count). The van der Waals surface area contributed by atoms with Crippen molar-refractivity contribution in [3.63, 3.8) is 0 Å². The van der Waals surface area contributed by atoms with Crippen LogP contribution in [0.3, 0.4) is 0 Å². The fourth-order valence-electron chi connectivity index (χ4n) is 4.23. The Morgan fingerprint density at radius 2 is 1.54 bits per heavy atom. The Morgan fingerprint density at radius 3 is 2.26 bits per heavy atom. The quantitative estimate of drug-likeness (QED) is 0.366. The van der Waals surface area contributed by atoms with Gasteiger partial charge in [-0.25, -0.2) is 0 Å². The number of ether oxygens (including phenoxy) is 1. The van der Waals surface area contributed by atoms with E-state index in [0.717, 1.165) is 46.6 Å². The number of hydrogen-bond donors (Lipinski definition) is 0.